The van der Waals surface area contributed by atoms with Crippen molar-refractivity contribution in [1.29, 1.82) is 0 Å². The van der Waals surface area contributed by atoms with Crippen LogP contribution in [0.3, 0.4) is 0 Å². The van der Waals surface area contributed by atoms with Crippen LogP contribution in [0, 0.1) is 15.9 Å². The number of para-hydroxylation sites is 1. The number of nitro groups is 1. The van der Waals surface area contributed by atoms with Gasteiger partial charge in [-0.15, -0.1) is 0 Å². The molecule has 3 rings (SSSR count). The quantitative estimate of drug-likeness (QED) is 0.687. The van der Waals surface area contributed by atoms with Crippen molar-refractivity contribution in [1.82, 2.24) is 0 Å². The number of nitrogens with one attached hydrogen (secondary N) is 1. The van der Waals surface area contributed by atoms with Gasteiger partial charge < -0.3 is 10.2 Å². The number of carbonyl (C=O) groups excluding carboxylic acids is 1. The van der Waals surface area contributed by atoms with E-state index < -0.39 is 16.6 Å². The lowest BCUT2D eigenvalue weighted by atomic mass is 10.1. The molecule has 2 aromatic carbocycles. The van der Waals surface area contributed by atoms with Crippen molar-refractivity contribution in [3.05, 3.63) is 64.0 Å². The molecule has 2 aromatic rings. The predicted molar refractivity (Wildman–Crippen MR) is 88.9 cm³/mol. The number of halogens is 1. The van der Waals surface area contributed by atoms with Crippen LogP contribution >= 0.6 is 0 Å². The number of amides is 1. The van der Waals surface area contributed by atoms with Gasteiger partial charge in [0.1, 0.15) is 5.82 Å². The highest BCUT2D eigenvalue weighted by Gasteiger charge is 2.23. The third-order valence-electron chi connectivity index (χ3n) is 4.00. The molecule has 0 spiro atoms. The third kappa shape index (κ3) is 3.19. The van der Waals surface area contributed by atoms with Crippen LogP contribution in [0.5, 0.6) is 0 Å². The first kappa shape index (κ1) is 15.9. The van der Waals surface area contributed by atoms with Crippen LogP contribution in [-0.2, 0) is 0 Å². The van der Waals surface area contributed by atoms with Gasteiger partial charge in [-0.05, 0) is 31.0 Å². The monoisotopic (exact) mass is 329 g/mol. The summed E-state index contributed by atoms with van der Waals surface area (Å²) in [7, 11) is 0. The lowest BCUT2D eigenvalue weighted by Crippen LogP contribution is -2.23. The molecule has 1 heterocycles. The Bertz CT molecular complexity index is 788. The minimum Gasteiger partial charge on any atom is -0.371 e. The van der Waals surface area contributed by atoms with E-state index in [9.17, 15) is 19.3 Å². The lowest BCUT2D eigenvalue weighted by molar-refractivity contribution is -0.384. The fourth-order valence-electron chi connectivity index (χ4n) is 2.81. The predicted octanol–water partition coefficient (Wildman–Crippen LogP) is 3.59. The van der Waals surface area contributed by atoms with E-state index in [0.29, 0.717) is 5.69 Å². The summed E-state index contributed by atoms with van der Waals surface area (Å²) in [6.07, 6.45) is 2.01. The fourth-order valence-corrected chi connectivity index (χ4v) is 2.81. The molecule has 1 fully saturated rings. The number of nitrogens with zero attached hydrogens (tertiary/aromatic N) is 2. The Balaban J connectivity index is 1.97. The van der Waals surface area contributed by atoms with Gasteiger partial charge in [0.05, 0.1) is 21.9 Å². The Morgan fingerprint density at radius 1 is 1.17 bits per heavy atom. The first-order valence-electron chi connectivity index (χ1n) is 7.65. The zero-order chi connectivity index (χ0) is 17.1. The minimum atomic E-state index is -0.564. The number of benzene rings is 2. The van der Waals surface area contributed by atoms with Crippen molar-refractivity contribution in [2.24, 2.45) is 0 Å². The maximum atomic E-state index is 13.7. The van der Waals surface area contributed by atoms with Gasteiger partial charge in [-0.2, -0.15) is 0 Å². The average molecular weight is 329 g/mol. The molecule has 0 aliphatic carbocycles. The van der Waals surface area contributed by atoms with Gasteiger partial charge in [-0.1, -0.05) is 12.1 Å². The molecule has 7 heteroatoms. The molecule has 1 N–H and O–H groups in total. The first-order valence-corrected chi connectivity index (χ1v) is 7.65. The third-order valence-corrected chi connectivity index (χ3v) is 4.00. The van der Waals surface area contributed by atoms with Crippen molar-refractivity contribution in [3.63, 3.8) is 0 Å². The van der Waals surface area contributed by atoms with Gasteiger partial charge in [0.15, 0.2) is 0 Å². The maximum Gasteiger partial charge on any atom is 0.270 e. The minimum absolute atomic E-state index is 0.0429. The Hall–Kier alpha value is -2.96. The van der Waals surface area contributed by atoms with Crippen LogP contribution in [0.1, 0.15) is 23.2 Å². The van der Waals surface area contributed by atoms with Gasteiger partial charge in [-0.3, -0.25) is 14.9 Å². The molecule has 24 heavy (non-hydrogen) atoms. The van der Waals surface area contributed by atoms with Crippen molar-refractivity contribution in [2.75, 3.05) is 23.3 Å². The molecular formula is C17H16FN3O3. The molecule has 0 saturated carbocycles. The molecule has 1 amide bonds. The summed E-state index contributed by atoms with van der Waals surface area (Å²) >= 11 is 0. The highest BCUT2D eigenvalue weighted by molar-refractivity contribution is 6.08. The summed E-state index contributed by atoms with van der Waals surface area (Å²) in [6.45, 7) is 1.58. The van der Waals surface area contributed by atoms with Crippen molar-refractivity contribution < 1.29 is 14.1 Å². The maximum absolute atomic E-state index is 13.7. The van der Waals surface area contributed by atoms with E-state index in [-0.39, 0.29) is 16.9 Å². The zero-order valence-corrected chi connectivity index (χ0v) is 12.9. The number of hydrogen-bond donors (Lipinski definition) is 1. The van der Waals surface area contributed by atoms with Crippen LogP contribution in [0.15, 0.2) is 42.5 Å². The summed E-state index contributed by atoms with van der Waals surface area (Å²) < 4.78 is 13.7. The molecule has 0 radical (unpaired) electrons. The van der Waals surface area contributed by atoms with Gasteiger partial charge in [0.25, 0.3) is 11.6 Å². The lowest BCUT2D eigenvalue weighted by Gasteiger charge is -2.21. The van der Waals surface area contributed by atoms with E-state index in [2.05, 4.69) is 5.32 Å². The van der Waals surface area contributed by atoms with E-state index in [1.54, 1.807) is 12.1 Å². The molecule has 1 saturated heterocycles. The van der Waals surface area contributed by atoms with Crippen LogP contribution in [-0.4, -0.2) is 23.9 Å². The summed E-state index contributed by atoms with van der Waals surface area (Å²) in [6, 6.07) is 10.0. The van der Waals surface area contributed by atoms with E-state index in [1.165, 1.54) is 30.3 Å². The second-order valence-corrected chi connectivity index (χ2v) is 5.59. The molecule has 0 unspecified atom stereocenters. The van der Waals surface area contributed by atoms with E-state index in [0.717, 1.165) is 25.9 Å². The van der Waals surface area contributed by atoms with Crippen LogP contribution in [0.2, 0.25) is 0 Å². The van der Waals surface area contributed by atoms with Gasteiger partial charge in [-0.25, -0.2) is 4.39 Å². The van der Waals surface area contributed by atoms with Gasteiger partial charge in [0, 0.05) is 25.2 Å². The van der Waals surface area contributed by atoms with E-state index in [4.69, 9.17) is 0 Å². The molecule has 6 nitrogen and oxygen atoms in total. The second-order valence-electron chi connectivity index (χ2n) is 5.59. The fraction of sp³-hybridized carbons (Fsp3) is 0.235. The molecule has 1 aliphatic heterocycles. The van der Waals surface area contributed by atoms with Crippen LogP contribution < -0.4 is 10.2 Å². The number of hydrogen-bond acceptors (Lipinski definition) is 4. The van der Waals surface area contributed by atoms with E-state index >= 15 is 0 Å². The van der Waals surface area contributed by atoms with Crippen LogP contribution in [0.25, 0.3) is 0 Å². The largest absolute Gasteiger partial charge is 0.371 e. The SMILES string of the molecule is O=C(Nc1ccccc1F)c1cc([N+](=O)[O-])ccc1N1CCCC1. The molecule has 0 atom stereocenters. The molecule has 124 valence electrons. The number of non-ortho nitro benzene ring substituents is 1. The second kappa shape index (κ2) is 6.66. The van der Waals surface area contributed by atoms with Crippen molar-refractivity contribution in [3.8, 4) is 0 Å². The van der Waals surface area contributed by atoms with Gasteiger partial charge >= 0.3 is 0 Å². The Morgan fingerprint density at radius 3 is 2.54 bits per heavy atom. The first-order chi connectivity index (χ1) is 11.6. The Morgan fingerprint density at radius 2 is 1.88 bits per heavy atom. The topological polar surface area (TPSA) is 75.5 Å². The van der Waals surface area contributed by atoms with E-state index in [1.807, 2.05) is 4.90 Å². The number of anilines is 2. The Labute approximate surface area is 138 Å². The van der Waals surface area contributed by atoms with Crippen molar-refractivity contribution >= 4 is 23.0 Å². The highest BCUT2D eigenvalue weighted by atomic mass is 19.1. The van der Waals surface area contributed by atoms with Crippen molar-refractivity contribution in [2.45, 2.75) is 12.8 Å². The smallest absolute Gasteiger partial charge is 0.270 e. The average Bonchev–Trinajstić information content (AvgIpc) is 3.10. The number of rotatable bonds is 4. The summed E-state index contributed by atoms with van der Waals surface area (Å²) in [5.41, 5.74) is 0.680. The molecule has 0 bridgehead atoms. The molecule has 1 aliphatic rings. The zero-order valence-electron chi connectivity index (χ0n) is 12.9. The van der Waals surface area contributed by atoms with Gasteiger partial charge in [0.2, 0.25) is 0 Å². The summed E-state index contributed by atoms with van der Waals surface area (Å²) in [5.74, 6) is -1.12. The van der Waals surface area contributed by atoms with Crippen LogP contribution in [0.4, 0.5) is 21.5 Å². The summed E-state index contributed by atoms with van der Waals surface area (Å²) in [4.78, 5) is 25.1. The molecular weight excluding hydrogens is 313 g/mol. The Kier molecular flexibility index (Phi) is 4.41. The number of carbonyl (C=O) groups is 1. The highest BCUT2D eigenvalue weighted by Crippen LogP contribution is 2.29. The number of nitro benzene ring substituents is 1. The standard InChI is InChI=1S/C17H16FN3O3/c18-14-5-1-2-6-15(14)19-17(22)13-11-12(21(23)24)7-8-16(13)20-9-3-4-10-20/h1-2,5-8,11H,3-4,9-10H2,(H,19,22). The molecule has 0 aromatic heterocycles. The normalized spacial score (nSPS) is 13.8. The summed E-state index contributed by atoms with van der Waals surface area (Å²) in [5, 5.41) is 13.5.